The minimum atomic E-state index is -1.81. The SMILES string of the molecule is O=C(C[C@]1(O)C(=O)Nc2ccc(Br)cc21)c1ccsc1. The molecule has 1 aliphatic rings. The summed E-state index contributed by atoms with van der Waals surface area (Å²) in [4.78, 5) is 24.2. The summed E-state index contributed by atoms with van der Waals surface area (Å²) >= 11 is 4.71. The molecule has 3 rings (SSSR count). The largest absolute Gasteiger partial charge is 0.375 e. The first-order valence-corrected chi connectivity index (χ1v) is 7.63. The highest BCUT2D eigenvalue weighted by Crippen LogP contribution is 2.40. The highest BCUT2D eigenvalue weighted by molar-refractivity contribution is 9.10. The van der Waals surface area contributed by atoms with Crippen molar-refractivity contribution in [2.75, 3.05) is 5.32 Å². The van der Waals surface area contributed by atoms with E-state index in [1.54, 1.807) is 35.0 Å². The van der Waals surface area contributed by atoms with Crippen LogP contribution in [0.3, 0.4) is 0 Å². The van der Waals surface area contributed by atoms with Crippen LogP contribution in [0.4, 0.5) is 5.69 Å². The molecule has 2 aromatic rings. The molecule has 1 aromatic carbocycles. The molecule has 102 valence electrons. The molecule has 1 aromatic heterocycles. The van der Waals surface area contributed by atoms with Gasteiger partial charge in [0.15, 0.2) is 11.4 Å². The number of benzene rings is 1. The van der Waals surface area contributed by atoms with Crippen molar-refractivity contribution in [1.82, 2.24) is 0 Å². The number of hydrogen-bond donors (Lipinski definition) is 2. The number of hydrogen-bond acceptors (Lipinski definition) is 4. The third-order valence-electron chi connectivity index (χ3n) is 3.31. The Hall–Kier alpha value is -1.50. The van der Waals surface area contributed by atoms with Gasteiger partial charge >= 0.3 is 0 Å². The Labute approximate surface area is 127 Å². The summed E-state index contributed by atoms with van der Waals surface area (Å²) < 4.78 is 0.745. The highest BCUT2D eigenvalue weighted by Gasteiger charge is 2.46. The molecule has 0 fully saturated rings. The molecular weight excluding hydrogens is 342 g/mol. The number of anilines is 1. The van der Waals surface area contributed by atoms with Crippen molar-refractivity contribution in [2.45, 2.75) is 12.0 Å². The van der Waals surface area contributed by atoms with E-state index in [2.05, 4.69) is 21.2 Å². The molecule has 0 saturated carbocycles. The van der Waals surface area contributed by atoms with Crippen LogP contribution < -0.4 is 5.32 Å². The zero-order valence-corrected chi connectivity index (χ0v) is 12.6. The second kappa shape index (κ2) is 4.80. The van der Waals surface area contributed by atoms with E-state index in [4.69, 9.17) is 0 Å². The number of carbonyl (C=O) groups is 2. The second-order valence-electron chi connectivity index (χ2n) is 4.62. The first-order chi connectivity index (χ1) is 9.50. The van der Waals surface area contributed by atoms with Gasteiger partial charge in [-0.15, -0.1) is 0 Å². The number of carbonyl (C=O) groups excluding carboxylic acids is 2. The normalized spacial score (nSPS) is 20.6. The van der Waals surface area contributed by atoms with Crippen molar-refractivity contribution in [3.63, 3.8) is 0 Å². The van der Waals surface area contributed by atoms with Crippen LogP contribution in [0.1, 0.15) is 22.3 Å². The Morgan fingerprint density at radius 1 is 1.40 bits per heavy atom. The summed E-state index contributed by atoms with van der Waals surface area (Å²) in [5, 5.41) is 16.8. The molecule has 20 heavy (non-hydrogen) atoms. The Bertz CT molecular complexity index is 698. The van der Waals surface area contributed by atoms with E-state index in [0.717, 1.165) is 4.47 Å². The lowest BCUT2D eigenvalue weighted by atomic mass is 9.88. The van der Waals surface area contributed by atoms with Crippen LogP contribution in [0.5, 0.6) is 0 Å². The smallest absolute Gasteiger partial charge is 0.261 e. The monoisotopic (exact) mass is 351 g/mol. The summed E-state index contributed by atoms with van der Waals surface area (Å²) in [7, 11) is 0. The minimum Gasteiger partial charge on any atom is -0.375 e. The number of amides is 1. The Kier molecular flexibility index (Phi) is 3.24. The Morgan fingerprint density at radius 2 is 2.20 bits per heavy atom. The molecule has 1 atom stereocenters. The van der Waals surface area contributed by atoms with E-state index in [0.29, 0.717) is 16.8 Å². The molecule has 1 aliphatic heterocycles. The van der Waals surface area contributed by atoms with Gasteiger partial charge < -0.3 is 10.4 Å². The molecule has 0 bridgehead atoms. The van der Waals surface area contributed by atoms with Gasteiger partial charge in [0.05, 0.1) is 6.42 Å². The maximum Gasteiger partial charge on any atom is 0.261 e. The summed E-state index contributed by atoms with van der Waals surface area (Å²) in [6.07, 6.45) is -0.265. The molecule has 0 spiro atoms. The summed E-state index contributed by atoms with van der Waals surface area (Å²) in [6, 6.07) is 6.81. The van der Waals surface area contributed by atoms with Crippen molar-refractivity contribution in [3.8, 4) is 0 Å². The zero-order valence-electron chi connectivity index (χ0n) is 10.2. The van der Waals surface area contributed by atoms with E-state index in [9.17, 15) is 14.7 Å². The summed E-state index contributed by atoms with van der Waals surface area (Å²) in [6.45, 7) is 0. The second-order valence-corrected chi connectivity index (χ2v) is 6.31. The quantitative estimate of drug-likeness (QED) is 0.835. The van der Waals surface area contributed by atoms with Crippen molar-refractivity contribution < 1.29 is 14.7 Å². The Morgan fingerprint density at radius 3 is 2.90 bits per heavy atom. The molecule has 0 radical (unpaired) electrons. The topological polar surface area (TPSA) is 66.4 Å². The van der Waals surface area contributed by atoms with E-state index < -0.39 is 11.5 Å². The van der Waals surface area contributed by atoms with Crippen LogP contribution in [0.15, 0.2) is 39.5 Å². The standard InChI is InChI=1S/C14H10BrNO3S/c15-9-1-2-11-10(5-9)14(19,13(18)16-11)6-12(17)8-3-4-20-7-8/h1-5,7,19H,6H2,(H,16,18)/t14-/m1/s1. The number of Topliss-reactive ketones (excluding diaryl/α,β-unsaturated/α-hetero) is 1. The third kappa shape index (κ3) is 2.09. The van der Waals surface area contributed by atoms with Gasteiger partial charge in [-0.2, -0.15) is 11.3 Å². The van der Waals surface area contributed by atoms with Crippen LogP contribution in [-0.2, 0) is 10.4 Å². The van der Waals surface area contributed by atoms with Crippen molar-refractivity contribution in [1.29, 1.82) is 0 Å². The third-order valence-corrected chi connectivity index (χ3v) is 4.49. The van der Waals surface area contributed by atoms with Gasteiger partial charge in [0, 0.05) is 26.7 Å². The average Bonchev–Trinajstić information content (AvgIpc) is 3.00. The molecule has 2 heterocycles. The number of fused-ring (bicyclic) bond motifs is 1. The lowest BCUT2D eigenvalue weighted by Crippen LogP contribution is -2.36. The summed E-state index contributed by atoms with van der Waals surface area (Å²) in [5.74, 6) is -0.814. The number of aliphatic hydroxyl groups is 1. The predicted octanol–water partition coefficient (Wildman–Crippen LogP) is 2.92. The van der Waals surface area contributed by atoms with Crippen molar-refractivity contribution in [2.24, 2.45) is 0 Å². The van der Waals surface area contributed by atoms with E-state index in [1.165, 1.54) is 11.3 Å². The lowest BCUT2D eigenvalue weighted by molar-refractivity contribution is -0.133. The molecule has 6 heteroatoms. The van der Waals surface area contributed by atoms with Gasteiger partial charge in [-0.1, -0.05) is 15.9 Å². The maximum absolute atomic E-state index is 12.2. The van der Waals surface area contributed by atoms with Gasteiger partial charge in [0.25, 0.3) is 5.91 Å². The number of nitrogens with one attached hydrogen (secondary N) is 1. The average molecular weight is 352 g/mol. The fourth-order valence-corrected chi connectivity index (χ4v) is 3.27. The number of thiophene rings is 1. The van der Waals surface area contributed by atoms with E-state index >= 15 is 0 Å². The van der Waals surface area contributed by atoms with Gasteiger partial charge in [0.1, 0.15) is 0 Å². The predicted molar refractivity (Wildman–Crippen MR) is 79.9 cm³/mol. The molecule has 2 N–H and O–H groups in total. The lowest BCUT2D eigenvalue weighted by Gasteiger charge is -2.19. The first-order valence-electron chi connectivity index (χ1n) is 5.90. The minimum absolute atomic E-state index is 0.253. The maximum atomic E-state index is 12.2. The van der Waals surface area contributed by atoms with E-state index in [-0.39, 0.29) is 12.2 Å². The van der Waals surface area contributed by atoms with Gasteiger partial charge in [0.2, 0.25) is 0 Å². The highest BCUT2D eigenvalue weighted by atomic mass is 79.9. The van der Waals surface area contributed by atoms with Gasteiger partial charge in [-0.25, -0.2) is 0 Å². The van der Waals surface area contributed by atoms with Crippen LogP contribution >= 0.6 is 27.3 Å². The number of ketones is 1. The van der Waals surface area contributed by atoms with Crippen LogP contribution in [0.2, 0.25) is 0 Å². The molecule has 1 amide bonds. The first kappa shape index (κ1) is 13.5. The molecule has 0 unspecified atom stereocenters. The zero-order chi connectivity index (χ0) is 14.3. The molecular formula is C14H10BrNO3S. The van der Waals surface area contributed by atoms with Crippen molar-refractivity contribution in [3.05, 3.63) is 50.6 Å². The molecule has 4 nitrogen and oxygen atoms in total. The fraction of sp³-hybridized carbons (Fsp3) is 0.143. The Balaban J connectivity index is 1.98. The summed E-state index contributed by atoms with van der Waals surface area (Å²) in [5.41, 5.74) is -0.322. The molecule has 0 saturated heterocycles. The molecule has 0 aliphatic carbocycles. The number of rotatable bonds is 3. The van der Waals surface area contributed by atoms with Crippen LogP contribution in [-0.4, -0.2) is 16.8 Å². The van der Waals surface area contributed by atoms with Crippen LogP contribution in [0.25, 0.3) is 0 Å². The van der Waals surface area contributed by atoms with Gasteiger partial charge in [-0.05, 0) is 29.6 Å². The number of halogens is 1. The van der Waals surface area contributed by atoms with E-state index in [1.807, 2.05) is 0 Å². The van der Waals surface area contributed by atoms with Crippen molar-refractivity contribution >= 4 is 44.6 Å². The van der Waals surface area contributed by atoms with Gasteiger partial charge in [-0.3, -0.25) is 9.59 Å². The van der Waals surface area contributed by atoms with Crippen LogP contribution in [0, 0.1) is 0 Å². The fourth-order valence-electron chi connectivity index (χ4n) is 2.25.